The van der Waals surface area contributed by atoms with Gasteiger partial charge in [-0.05, 0) is 36.8 Å². The lowest BCUT2D eigenvalue weighted by Gasteiger charge is -2.08. The molecule has 0 aliphatic rings. The van der Waals surface area contributed by atoms with E-state index >= 15 is 0 Å². The number of amides is 1. The average molecular weight is 271 g/mol. The molecule has 3 N–H and O–H groups in total. The number of benzene rings is 1. The van der Waals surface area contributed by atoms with E-state index in [2.05, 4.69) is 10.3 Å². The molecule has 2 aromatic rings. The molecule has 1 aromatic heterocycles. The predicted molar refractivity (Wildman–Crippen MR) is 77.6 cm³/mol. The van der Waals surface area contributed by atoms with E-state index in [0.717, 1.165) is 17.0 Å². The number of carbonyl (C=O) groups is 1. The fourth-order valence-corrected chi connectivity index (χ4v) is 1.89. The number of nitrogen functional groups attached to an aromatic ring is 1. The molecule has 104 valence electrons. The molecule has 0 unspecified atom stereocenters. The number of methoxy groups -OCH3 is 1. The van der Waals surface area contributed by atoms with Gasteiger partial charge in [0.2, 0.25) is 0 Å². The van der Waals surface area contributed by atoms with Crippen LogP contribution in [0.3, 0.4) is 0 Å². The predicted octanol–water partition coefficient (Wildman–Crippen LogP) is 1.91. The van der Waals surface area contributed by atoms with Gasteiger partial charge in [-0.3, -0.25) is 4.79 Å². The van der Waals surface area contributed by atoms with Crippen LogP contribution in [-0.4, -0.2) is 18.0 Å². The number of nitrogens with zero attached hydrogens (tertiary/aromatic N) is 1. The van der Waals surface area contributed by atoms with E-state index in [1.165, 1.54) is 0 Å². The van der Waals surface area contributed by atoms with Gasteiger partial charge in [0.1, 0.15) is 11.6 Å². The maximum Gasteiger partial charge on any atom is 0.251 e. The SMILES string of the molecule is COc1cccc(CNC(=O)c2cc(C)nc(N)c2)c1. The molecule has 5 heteroatoms. The van der Waals surface area contributed by atoms with Gasteiger partial charge in [-0.25, -0.2) is 4.98 Å². The van der Waals surface area contributed by atoms with Gasteiger partial charge in [0.25, 0.3) is 5.91 Å². The van der Waals surface area contributed by atoms with Gasteiger partial charge in [0.05, 0.1) is 7.11 Å². The van der Waals surface area contributed by atoms with Crippen molar-refractivity contribution in [3.05, 3.63) is 53.2 Å². The summed E-state index contributed by atoms with van der Waals surface area (Å²) in [6.07, 6.45) is 0. The Hall–Kier alpha value is -2.56. The Balaban J connectivity index is 2.04. The summed E-state index contributed by atoms with van der Waals surface area (Å²) in [5.41, 5.74) is 7.83. The van der Waals surface area contributed by atoms with Crippen molar-refractivity contribution < 1.29 is 9.53 Å². The zero-order valence-corrected chi connectivity index (χ0v) is 11.5. The molecule has 5 nitrogen and oxygen atoms in total. The molecule has 1 aromatic carbocycles. The normalized spacial score (nSPS) is 10.1. The smallest absolute Gasteiger partial charge is 0.251 e. The quantitative estimate of drug-likeness (QED) is 0.890. The molecule has 0 atom stereocenters. The van der Waals surface area contributed by atoms with Crippen molar-refractivity contribution in [2.45, 2.75) is 13.5 Å². The summed E-state index contributed by atoms with van der Waals surface area (Å²) in [4.78, 5) is 16.1. The lowest BCUT2D eigenvalue weighted by molar-refractivity contribution is 0.0950. The minimum atomic E-state index is -0.176. The van der Waals surface area contributed by atoms with Crippen LogP contribution in [-0.2, 0) is 6.54 Å². The molecule has 1 heterocycles. The fraction of sp³-hybridized carbons (Fsp3) is 0.200. The van der Waals surface area contributed by atoms with Crippen molar-refractivity contribution in [1.29, 1.82) is 0 Å². The molecular formula is C15H17N3O2. The van der Waals surface area contributed by atoms with Crippen LogP contribution in [0.1, 0.15) is 21.6 Å². The summed E-state index contributed by atoms with van der Waals surface area (Å²) in [6, 6.07) is 10.8. The maximum atomic E-state index is 12.1. The number of aryl methyl sites for hydroxylation is 1. The van der Waals surface area contributed by atoms with Crippen molar-refractivity contribution in [3.8, 4) is 5.75 Å². The minimum Gasteiger partial charge on any atom is -0.497 e. The Kier molecular flexibility index (Phi) is 4.20. The summed E-state index contributed by atoms with van der Waals surface area (Å²) in [7, 11) is 1.61. The first-order valence-corrected chi connectivity index (χ1v) is 6.24. The summed E-state index contributed by atoms with van der Waals surface area (Å²) < 4.78 is 5.14. The van der Waals surface area contributed by atoms with Crippen molar-refractivity contribution in [2.75, 3.05) is 12.8 Å². The lowest BCUT2D eigenvalue weighted by Crippen LogP contribution is -2.23. The second kappa shape index (κ2) is 6.06. The van der Waals surface area contributed by atoms with Gasteiger partial charge in [-0.2, -0.15) is 0 Å². The maximum absolute atomic E-state index is 12.1. The number of aromatic nitrogens is 1. The van der Waals surface area contributed by atoms with Crippen LogP contribution >= 0.6 is 0 Å². The third kappa shape index (κ3) is 3.47. The van der Waals surface area contributed by atoms with Crippen molar-refractivity contribution in [2.24, 2.45) is 0 Å². The summed E-state index contributed by atoms with van der Waals surface area (Å²) in [6.45, 7) is 2.23. The number of rotatable bonds is 4. The number of anilines is 1. The number of nitrogens with one attached hydrogen (secondary N) is 1. The fourth-order valence-electron chi connectivity index (χ4n) is 1.89. The number of carbonyl (C=O) groups excluding carboxylic acids is 1. The highest BCUT2D eigenvalue weighted by Gasteiger charge is 2.07. The Morgan fingerprint density at radius 1 is 1.35 bits per heavy atom. The van der Waals surface area contributed by atoms with Gasteiger partial charge in [0.15, 0.2) is 0 Å². The molecule has 0 radical (unpaired) electrons. The molecule has 0 saturated heterocycles. The van der Waals surface area contributed by atoms with Crippen LogP contribution in [0.2, 0.25) is 0 Å². The summed E-state index contributed by atoms with van der Waals surface area (Å²) >= 11 is 0. The lowest BCUT2D eigenvalue weighted by atomic mass is 10.2. The molecule has 0 aliphatic heterocycles. The number of hydrogen-bond acceptors (Lipinski definition) is 4. The molecule has 0 saturated carbocycles. The summed E-state index contributed by atoms with van der Waals surface area (Å²) in [5, 5.41) is 2.84. The van der Waals surface area contributed by atoms with E-state index < -0.39 is 0 Å². The number of pyridine rings is 1. The van der Waals surface area contributed by atoms with Crippen LogP contribution < -0.4 is 15.8 Å². The van der Waals surface area contributed by atoms with Gasteiger partial charge in [-0.15, -0.1) is 0 Å². The van der Waals surface area contributed by atoms with E-state index in [9.17, 15) is 4.79 Å². The van der Waals surface area contributed by atoms with Gasteiger partial charge >= 0.3 is 0 Å². The zero-order valence-electron chi connectivity index (χ0n) is 11.5. The highest BCUT2D eigenvalue weighted by atomic mass is 16.5. The molecule has 0 bridgehead atoms. The largest absolute Gasteiger partial charge is 0.497 e. The van der Waals surface area contributed by atoms with Crippen molar-refractivity contribution in [3.63, 3.8) is 0 Å². The summed E-state index contributed by atoms with van der Waals surface area (Å²) in [5.74, 6) is 0.933. The van der Waals surface area contributed by atoms with E-state index in [1.807, 2.05) is 24.3 Å². The van der Waals surface area contributed by atoms with Crippen molar-refractivity contribution >= 4 is 11.7 Å². The molecule has 0 aliphatic carbocycles. The molecule has 20 heavy (non-hydrogen) atoms. The Labute approximate surface area is 117 Å². The standard InChI is InChI=1S/C15H17N3O2/c1-10-6-12(8-14(16)18-10)15(19)17-9-11-4-3-5-13(7-11)20-2/h3-8H,9H2,1-2H3,(H2,16,18)(H,17,19). The van der Waals surface area contributed by atoms with E-state index in [1.54, 1.807) is 26.2 Å². The Bertz CT molecular complexity index is 606. The third-order valence-corrected chi connectivity index (χ3v) is 2.82. The average Bonchev–Trinajstić information content (AvgIpc) is 2.44. The molecular weight excluding hydrogens is 254 g/mol. The number of hydrogen-bond donors (Lipinski definition) is 2. The van der Waals surface area contributed by atoms with Gasteiger partial charge in [-0.1, -0.05) is 12.1 Å². The van der Waals surface area contributed by atoms with Crippen LogP contribution in [0.15, 0.2) is 36.4 Å². The van der Waals surface area contributed by atoms with Gasteiger partial charge < -0.3 is 15.8 Å². The topological polar surface area (TPSA) is 77.2 Å². The molecule has 0 fully saturated rings. The Morgan fingerprint density at radius 3 is 2.85 bits per heavy atom. The van der Waals surface area contributed by atoms with E-state index in [-0.39, 0.29) is 5.91 Å². The highest BCUT2D eigenvalue weighted by Crippen LogP contribution is 2.12. The van der Waals surface area contributed by atoms with Crippen molar-refractivity contribution in [1.82, 2.24) is 10.3 Å². The Morgan fingerprint density at radius 2 is 2.15 bits per heavy atom. The minimum absolute atomic E-state index is 0.176. The first-order chi connectivity index (χ1) is 9.58. The first-order valence-electron chi connectivity index (χ1n) is 6.24. The second-order valence-electron chi connectivity index (χ2n) is 4.46. The van der Waals surface area contributed by atoms with E-state index in [4.69, 9.17) is 10.5 Å². The van der Waals surface area contributed by atoms with Crippen LogP contribution in [0.25, 0.3) is 0 Å². The second-order valence-corrected chi connectivity index (χ2v) is 4.46. The number of ether oxygens (including phenoxy) is 1. The van der Waals surface area contributed by atoms with Crippen LogP contribution in [0.4, 0.5) is 5.82 Å². The first kappa shape index (κ1) is 13.9. The van der Waals surface area contributed by atoms with E-state index in [0.29, 0.717) is 17.9 Å². The van der Waals surface area contributed by atoms with Crippen LogP contribution in [0, 0.1) is 6.92 Å². The monoisotopic (exact) mass is 271 g/mol. The van der Waals surface area contributed by atoms with Gasteiger partial charge in [0, 0.05) is 17.8 Å². The molecule has 2 rings (SSSR count). The molecule has 1 amide bonds. The molecule has 0 spiro atoms. The zero-order chi connectivity index (χ0) is 14.5. The number of nitrogens with two attached hydrogens (primary N) is 1. The highest BCUT2D eigenvalue weighted by molar-refractivity contribution is 5.94. The third-order valence-electron chi connectivity index (χ3n) is 2.82. The van der Waals surface area contributed by atoms with Crippen LogP contribution in [0.5, 0.6) is 5.75 Å².